The van der Waals surface area contributed by atoms with E-state index in [4.69, 9.17) is 18.9 Å². The minimum Gasteiger partial charge on any atom is -0.492 e. The molecule has 0 bridgehead atoms. The number of morpholine rings is 1. The Kier molecular flexibility index (Phi) is 8.06. The molecule has 0 saturated carbocycles. The van der Waals surface area contributed by atoms with Crippen LogP contribution < -0.4 is 14.2 Å². The Bertz CT molecular complexity index is 916. The van der Waals surface area contributed by atoms with Crippen LogP contribution in [0.2, 0.25) is 0 Å². The molecule has 7 nitrogen and oxygen atoms in total. The summed E-state index contributed by atoms with van der Waals surface area (Å²) in [6.07, 6.45) is 3.19. The average molecular weight is 425 g/mol. The van der Waals surface area contributed by atoms with Gasteiger partial charge in [0, 0.05) is 24.2 Å². The Labute approximate surface area is 182 Å². The van der Waals surface area contributed by atoms with Gasteiger partial charge in [-0.2, -0.15) is 0 Å². The number of hydrogen-bond donors (Lipinski definition) is 0. The van der Waals surface area contributed by atoms with E-state index in [1.54, 1.807) is 42.4 Å². The standard InChI is InChI=1S/C24H27NO6/c1-3-30-22-6-4-5-19(24(22)28-2)9-12-21(26)18-7-10-20(11-8-18)31-17-23(27)25-13-15-29-16-14-25/h4-12H,3,13-17H2,1-2H3/b12-9+. The Morgan fingerprint density at radius 2 is 1.81 bits per heavy atom. The molecule has 1 fully saturated rings. The summed E-state index contributed by atoms with van der Waals surface area (Å²) in [6.45, 7) is 4.66. The van der Waals surface area contributed by atoms with Crippen LogP contribution >= 0.6 is 0 Å². The van der Waals surface area contributed by atoms with Crippen LogP contribution in [0.5, 0.6) is 17.2 Å². The van der Waals surface area contributed by atoms with Crippen molar-refractivity contribution >= 4 is 17.8 Å². The maximum absolute atomic E-state index is 12.5. The number of carbonyl (C=O) groups is 2. The number of hydrogen-bond acceptors (Lipinski definition) is 6. The predicted molar refractivity (Wildman–Crippen MR) is 117 cm³/mol. The number of rotatable bonds is 9. The van der Waals surface area contributed by atoms with Crippen molar-refractivity contribution < 1.29 is 28.5 Å². The van der Waals surface area contributed by atoms with E-state index < -0.39 is 0 Å². The maximum Gasteiger partial charge on any atom is 0.260 e. The van der Waals surface area contributed by atoms with Crippen molar-refractivity contribution in [2.24, 2.45) is 0 Å². The third kappa shape index (κ3) is 6.08. The topological polar surface area (TPSA) is 74.3 Å². The van der Waals surface area contributed by atoms with Crippen molar-refractivity contribution in [2.75, 3.05) is 46.6 Å². The molecule has 1 heterocycles. The Morgan fingerprint density at radius 1 is 1.06 bits per heavy atom. The Morgan fingerprint density at radius 3 is 2.48 bits per heavy atom. The number of benzene rings is 2. The summed E-state index contributed by atoms with van der Waals surface area (Å²) in [5.74, 6) is 1.53. The fraction of sp³-hybridized carbons (Fsp3) is 0.333. The van der Waals surface area contributed by atoms with Gasteiger partial charge in [-0.1, -0.05) is 12.1 Å². The quantitative estimate of drug-likeness (QED) is 0.454. The number of nitrogens with zero attached hydrogens (tertiary/aromatic N) is 1. The van der Waals surface area contributed by atoms with E-state index in [9.17, 15) is 9.59 Å². The van der Waals surface area contributed by atoms with E-state index >= 15 is 0 Å². The van der Waals surface area contributed by atoms with Gasteiger partial charge in [0.25, 0.3) is 5.91 Å². The van der Waals surface area contributed by atoms with E-state index in [0.29, 0.717) is 55.7 Å². The van der Waals surface area contributed by atoms with Gasteiger partial charge in [0.05, 0.1) is 26.9 Å². The van der Waals surface area contributed by atoms with Gasteiger partial charge in [0.15, 0.2) is 23.9 Å². The summed E-state index contributed by atoms with van der Waals surface area (Å²) in [4.78, 5) is 26.4. The molecule has 1 aliphatic heterocycles. The minimum atomic E-state index is -0.153. The normalized spacial score (nSPS) is 13.8. The number of para-hydroxylation sites is 1. The molecule has 31 heavy (non-hydrogen) atoms. The first-order valence-electron chi connectivity index (χ1n) is 10.2. The number of allylic oxidation sites excluding steroid dienone is 1. The van der Waals surface area contributed by atoms with Crippen LogP contribution in [-0.4, -0.2) is 63.2 Å². The lowest BCUT2D eigenvalue weighted by Gasteiger charge is -2.26. The summed E-state index contributed by atoms with van der Waals surface area (Å²) in [7, 11) is 1.57. The Balaban J connectivity index is 1.59. The van der Waals surface area contributed by atoms with Gasteiger partial charge in [-0.05, 0) is 49.4 Å². The Hall–Kier alpha value is -3.32. The van der Waals surface area contributed by atoms with Crippen LogP contribution in [-0.2, 0) is 9.53 Å². The molecule has 0 N–H and O–H groups in total. The molecule has 2 aromatic carbocycles. The van der Waals surface area contributed by atoms with Crippen molar-refractivity contribution in [3.05, 3.63) is 59.7 Å². The SMILES string of the molecule is CCOc1cccc(/C=C/C(=O)c2ccc(OCC(=O)N3CCOCC3)cc2)c1OC. The second-order valence-corrected chi connectivity index (χ2v) is 6.82. The molecule has 0 aliphatic carbocycles. The highest BCUT2D eigenvalue weighted by Crippen LogP contribution is 2.32. The van der Waals surface area contributed by atoms with Gasteiger partial charge in [0.2, 0.25) is 0 Å². The van der Waals surface area contributed by atoms with Gasteiger partial charge < -0.3 is 23.8 Å². The van der Waals surface area contributed by atoms with Crippen molar-refractivity contribution in [1.82, 2.24) is 4.90 Å². The number of methoxy groups -OCH3 is 1. The molecule has 1 amide bonds. The molecule has 3 rings (SSSR count). The lowest BCUT2D eigenvalue weighted by molar-refractivity contribution is -0.137. The molecule has 164 valence electrons. The van der Waals surface area contributed by atoms with E-state index in [-0.39, 0.29) is 18.3 Å². The van der Waals surface area contributed by atoms with Gasteiger partial charge in [-0.25, -0.2) is 0 Å². The summed E-state index contributed by atoms with van der Waals surface area (Å²) in [6, 6.07) is 12.2. The largest absolute Gasteiger partial charge is 0.492 e. The highest BCUT2D eigenvalue weighted by Gasteiger charge is 2.17. The average Bonchev–Trinajstić information content (AvgIpc) is 2.82. The van der Waals surface area contributed by atoms with Gasteiger partial charge >= 0.3 is 0 Å². The number of ketones is 1. The van der Waals surface area contributed by atoms with E-state index in [0.717, 1.165) is 5.56 Å². The molecule has 0 atom stereocenters. The molecule has 0 aromatic heterocycles. The van der Waals surface area contributed by atoms with Crippen molar-refractivity contribution in [1.29, 1.82) is 0 Å². The first-order valence-corrected chi connectivity index (χ1v) is 10.2. The minimum absolute atomic E-state index is 0.0385. The first-order chi connectivity index (χ1) is 15.1. The zero-order valence-electron chi connectivity index (χ0n) is 17.8. The molecule has 0 radical (unpaired) electrons. The smallest absolute Gasteiger partial charge is 0.260 e. The fourth-order valence-corrected chi connectivity index (χ4v) is 3.18. The number of carbonyl (C=O) groups excluding carboxylic acids is 2. The lowest BCUT2D eigenvalue weighted by Crippen LogP contribution is -2.42. The molecule has 0 spiro atoms. The van der Waals surface area contributed by atoms with Gasteiger partial charge in [-0.15, -0.1) is 0 Å². The van der Waals surface area contributed by atoms with Gasteiger partial charge in [-0.3, -0.25) is 9.59 Å². The predicted octanol–water partition coefficient (Wildman–Crippen LogP) is 3.23. The summed E-state index contributed by atoms with van der Waals surface area (Å²) in [5, 5.41) is 0. The molecule has 7 heteroatoms. The van der Waals surface area contributed by atoms with Crippen LogP contribution in [0.15, 0.2) is 48.5 Å². The fourth-order valence-electron chi connectivity index (χ4n) is 3.18. The highest BCUT2D eigenvalue weighted by molar-refractivity contribution is 6.07. The zero-order valence-corrected chi connectivity index (χ0v) is 17.8. The lowest BCUT2D eigenvalue weighted by atomic mass is 10.1. The van der Waals surface area contributed by atoms with E-state index in [1.807, 2.05) is 25.1 Å². The van der Waals surface area contributed by atoms with Crippen LogP contribution in [0, 0.1) is 0 Å². The van der Waals surface area contributed by atoms with Crippen molar-refractivity contribution in [3.8, 4) is 17.2 Å². The maximum atomic E-state index is 12.5. The van der Waals surface area contributed by atoms with Crippen LogP contribution in [0.25, 0.3) is 6.08 Å². The van der Waals surface area contributed by atoms with Gasteiger partial charge in [0.1, 0.15) is 5.75 Å². The van der Waals surface area contributed by atoms with Crippen LogP contribution in [0.4, 0.5) is 0 Å². The van der Waals surface area contributed by atoms with Crippen LogP contribution in [0.3, 0.4) is 0 Å². The number of amides is 1. The van der Waals surface area contributed by atoms with E-state index in [2.05, 4.69) is 0 Å². The molecular weight excluding hydrogens is 398 g/mol. The molecule has 0 unspecified atom stereocenters. The van der Waals surface area contributed by atoms with Crippen LogP contribution in [0.1, 0.15) is 22.8 Å². The first kappa shape index (κ1) is 22.4. The monoisotopic (exact) mass is 425 g/mol. The number of ether oxygens (including phenoxy) is 4. The van der Waals surface area contributed by atoms with E-state index in [1.165, 1.54) is 6.08 Å². The molecule has 2 aromatic rings. The third-order valence-electron chi connectivity index (χ3n) is 4.79. The molecular formula is C24H27NO6. The summed E-state index contributed by atoms with van der Waals surface area (Å²) >= 11 is 0. The van der Waals surface area contributed by atoms with Crippen molar-refractivity contribution in [3.63, 3.8) is 0 Å². The molecule has 1 aliphatic rings. The highest BCUT2D eigenvalue weighted by atomic mass is 16.5. The molecule has 1 saturated heterocycles. The van der Waals surface area contributed by atoms with Crippen molar-refractivity contribution in [2.45, 2.75) is 6.92 Å². The summed E-state index contributed by atoms with van der Waals surface area (Å²) in [5.41, 5.74) is 1.27. The second kappa shape index (κ2) is 11.2. The summed E-state index contributed by atoms with van der Waals surface area (Å²) < 4.78 is 21.8. The third-order valence-corrected chi connectivity index (χ3v) is 4.79. The zero-order chi connectivity index (χ0) is 22.1. The second-order valence-electron chi connectivity index (χ2n) is 6.82.